The van der Waals surface area contributed by atoms with E-state index >= 15 is 0 Å². The highest BCUT2D eigenvalue weighted by Gasteiger charge is 2.03. The van der Waals surface area contributed by atoms with Crippen molar-refractivity contribution in [2.45, 2.75) is 46.3 Å². The van der Waals surface area contributed by atoms with E-state index in [2.05, 4.69) is 42.5 Å². The summed E-state index contributed by atoms with van der Waals surface area (Å²) in [5.74, 6) is 0. The van der Waals surface area contributed by atoms with Gasteiger partial charge in [0, 0.05) is 37.1 Å². The number of nitrogens with one attached hydrogen (secondary N) is 2. The number of aryl methyl sites for hydroxylation is 1. The van der Waals surface area contributed by atoms with E-state index in [0.29, 0.717) is 12.1 Å². The number of nitrogens with zero attached hydrogens (tertiary/aromatic N) is 1. The van der Waals surface area contributed by atoms with Crippen molar-refractivity contribution in [2.75, 3.05) is 6.54 Å². The third kappa shape index (κ3) is 4.73. The fraction of sp³-hybridized carbons (Fsp3) is 0.615. The second kappa shape index (κ2) is 6.61. The molecular formula is C13H23N3. The summed E-state index contributed by atoms with van der Waals surface area (Å²) in [7, 11) is 0. The maximum atomic E-state index is 4.28. The molecule has 0 aliphatic carbocycles. The van der Waals surface area contributed by atoms with Gasteiger partial charge in [-0.15, -0.1) is 0 Å². The van der Waals surface area contributed by atoms with Crippen LogP contribution in [0.15, 0.2) is 18.3 Å². The number of hydrogen-bond acceptors (Lipinski definition) is 3. The molecule has 0 saturated carbocycles. The zero-order valence-corrected chi connectivity index (χ0v) is 10.7. The van der Waals surface area contributed by atoms with Gasteiger partial charge in [-0.3, -0.25) is 4.98 Å². The van der Waals surface area contributed by atoms with Gasteiger partial charge >= 0.3 is 0 Å². The molecule has 0 radical (unpaired) electrons. The average Bonchev–Trinajstić information content (AvgIpc) is 2.25. The van der Waals surface area contributed by atoms with Crippen molar-refractivity contribution in [2.24, 2.45) is 0 Å². The molecule has 0 spiro atoms. The van der Waals surface area contributed by atoms with Gasteiger partial charge in [-0.2, -0.15) is 0 Å². The predicted molar refractivity (Wildman–Crippen MR) is 68.4 cm³/mol. The first-order chi connectivity index (χ1) is 7.59. The van der Waals surface area contributed by atoms with E-state index in [0.717, 1.165) is 18.8 Å². The third-order valence-electron chi connectivity index (χ3n) is 2.59. The van der Waals surface area contributed by atoms with Gasteiger partial charge in [-0.1, -0.05) is 19.9 Å². The second-order valence-corrected chi connectivity index (χ2v) is 4.59. The van der Waals surface area contributed by atoms with E-state index in [1.54, 1.807) is 0 Å². The van der Waals surface area contributed by atoms with Gasteiger partial charge in [-0.25, -0.2) is 0 Å². The van der Waals surface area contributed by atoms with E-state index in [-0.39, 0.29) is 0 Å². The first kappa shape index (κ1) is 13.1. The first-order valence-corrected chi connectivity index (χ1v) is 5.97. The van der Waals surface area contributed by atoms with Crippen molar-refractivity contribution in [1.82, 2.24) is 15.6 Å². The van der Waals surface area contributed by atoms with E-state index < -0.39 is 0 Å². The Bertz CT molecular complexity index is 310. The molecule has 0 fully saturated rings. The molecule has 1 aromatic heterocycles. The Morgan fingerprint density at radius 2 is 2.00 bits per heavy atom. The number of pyridine rings is 1. The van der Waals surface area contributed by atoms with E-state index in [1.165, 1.54) is 5.56 Å². The molecule has 1 atom stereocenters. The summed E-state index contributed by atoms with van der Waals surface area (Å²) in [4.78, 5) is 4.28. The molecule has 0 aromatic carbocycles. The SMILES string of the molecule is Cc1ncccc1CNC(C)CNC(C)C. The summed E-state index contributed by atoms with van der Waals surface area (Å²) in [6, 6.07) is 5.13. The van der Waals surface area contributed by atoms with Gasteiger partial charge in [0.2, 0.25) is 0 Å². The minimum atomic E-state index is 0.474. The largest absolute Gasteiger partial charge is 0.313 e. The molecule has 3 heteroatoms. The molecule has 1 aromatic rings. The summed E-state index contributed by atoms with van der Waals surface area (Å²) < 4.78 is 0. The molecule has 0 aliphatic heterocycles. The summed E-state index contributed by atoms with van der Waals surface area (Å²) >= 11 is 0. The lowest BCUT2D eigenvalue weighted by molar-refractivity contribution is 0.473. The topological polar surface area (TPSA) is 37.0 Å². The van der Waals surface area contributed by atoms with Gasteiger partial charge < -0.3 is 10.6 Å². The number of hydrogen-bond donors (Lipinski definition) is 2. The fourth-order valence-corrected chi connectivity index (χ4v) is 1.47. The Balaban J connectivity index is 2.31. The van der Waals surface area contributed by atoms with Gasteiger partial charge in [0.1, 0.15) is 0 Å². The van der Waals surface area contributed by atoms with Crippen LogP contribution >= 0.6 is 0 Å². The Morgan fingerprint density at radius 1 is 1.25 bits per heavy atom. The molecule has 0 bridgehead atoms. The van der Waals surface area contributed by atoms with Crippen molar-refractivity contribution in [3.63, 3.8) is 0 Å². The third-order valence-corrected chi connectivity index (χ3v) is 2.59. The molecule has 0 saturated heterocycles. The molecule has 1 unspecified atom stereocenters. The Kier molecular flexibility index (Phi) is 5.43. The minimum absolute atomic E-state index is 0.474. The monoisotopic (exact) mass is 221 g/mol. The summed E-state index contributed by atoms with van der Waals surface area (Å²) in [5.41, 5.74) is 2.39. The summed E-state index contributed by atoms with van der Waals surface area (Å²) in [5, 5.41) is 6.91. The van der Waals surface area contributed by atoms with Crippen LogP contribution in [0, 0.1) is 6.92 Å². The van der Waals surface area contributed by atoms with Crippen LogP contribution < -0.4 is 10.6 Å². The lowest BCUT2D eigenvalue weighted by Gasteiger charge is -2.17. The van der Waals surface area contributed by atoms with Crippen molar-refractivity contribution in [1.29, 1.82) is 0 Å². The van der Waals surface area contributed by atoms with Crippen LogP contribution in [0.2, 0.25) is 0 Å². The Morgan fingerprint density at radius 3 is 2.62 bits per heavy atom. The maximum Gasteiger partial charge on any atom is 0.0417 e. The molecule has 0 amide bonds. The molecule has 1 rings (SSSR count). The smallest absolute Gasteiger partial charge is 0.0417 e. The van der Waals surface area contributed by atoms with Gasteiger partial charge in [-0.05, 0) is 25.5 Å². The van der Waals surface area contributed by atoms with Crippen LogP contribution in [-0.4, -0.2) is 23.6 Å². The van der Waals surface area contributed by atoms with Crippen molar-refractivity contribution < 1.29 is 0 Å². The summed E-state index contributed by atoms with van der Waals surface area (Å²) in [6.07, 6.45) is 1.84. The van der Waals surface area contributed by atoms with Crippen LogP contribution in [0.25, 0.3) is 0 Å². The molecule has 16 heavy (non-hydrogen) atoms. The summed E-state index contributed by atoms with van der Waals surface area (Å²) in [6.45, 7) is 10.5. The lowest BCUT2D eigenvalue weighted by atomic mass is 10.2. The van der Waals surface area contributed by atoms with Crippen LogP contribution in [0.5, 0.6) is 0 Å². The second-order valence-electron chi connectivity index (χ2n) is 4.59. The highest BCUT2D eigenvalue weighted by molar-refractivity contribution is 5.17. The maximum absolute atomic E-state index is 4.28. The van der Waals surface area contributed by atoms with Crippen molar-refractivity contribution in [3.05, 3.63) is 29.6 Å². The van der Waals surface area contributed by atoms with Crippen LogP contribution in [-0.2, 0) is 6.54 Å². The molecule has 0 aliphatic rings. The Labute approximate surface area is 98.7 Å². The van der Waals surface area contributed by atoms with E-state index in [4.69, 9.17) is 0 Å². The molecular weight excluding hydrogens is 198 g/mol. The van der Waals surface area contributed by atoms with Gasteiger partial charge in [0.15, 0.2) is 0 Å². The molecule has 1 heterocycles. The van der Waals surface area contributed by atoms with Crippen LogP contribution in [0.3, 0.4) is 0 Å². The average molecular weight is 221 g/mol. The van der Waals surface area contributed by atoms with Crippen LogP contribution in [0.4, 0.5) is 0 Å². The highest BCUT2D eigenvalue weighted by Crippen LogP contribution is 2.02. The zero-order valence-electron chi connectivity index (χ0n) is 10.7. The first-order valence-electron chi connectivity index (χ1n) is 5.97. The zero-order chi connectivity index (χ0) is 12.0. The van der Waals surface area contributed by atoms with Gasteiger partial charge in [0.25, 0.3) is 0 Å². The van der Waals surface area contributed by atoms with E-state index in [9.17, 15) is 0 Å². The standard InChI is InChI=1S/C13H23N3/c1-10(2)15-8-11(3)16-9-13-6-5-7-14-12(13)4/h5-7,10-11,15-16H,8-9H2,1-4H3. The number of aromatic nitrogens is 1. The van der Waals surface area contributed by atoms with Crippen LogP contribution in [0.1, 0.15) is 32.0 Å². The van der Waals surface area contributed by atoms with Gasteiger partial charge in [0.05, 0.1) is 0 Å². The lowest BCUT2D eigenvalue weighted by Crippen LogP contribution is -2.38. The number of rotatable bonds is 6. The predicted octanol–water partition coefficient (Wildman–Crippen LogP) is 1.87. The quantitative estimate of drug-likeness (QED) is 0.770. The van der Waals surface area contributed by atoms with Crippen molar-refractivity contribution in [3.8, 4) is 0 Å². The fourth-order valence-electron chi connectivity index (χ4n) is 1.47. The normalized spacial score (nSPS) is 13.1. The minimum Gasteiger partial charge on any atom is -0.313 e. The molecule has 3 nitrogen and oxygen atoms in total. The Hall–Kier alpha value is -0.930. The van der Waals surface area contributed by atoms with Crippen molar-refractivity contribution >= 4 is 0 Å². The molecule has 2 N–H and O–H groups in total. The highest BCUT2D eigenvalue weighted by atomic mass is 15.0. The molecule has 90 valence electrons. The van der Waals surface area contributed by atoms with E-state index in [1.807, 2.05) is 19.2 Å².